The first kappa shape index (κ1) is 31.8. The highest BCUT2D eigenvalue weighted by atomic mass is 19.4. The second kappa shape index (κ2) is 10.5. The van der Waals surface area contributed by atoms with Crippen molar-refractivity contribution in [3.8, 4) is 0 Å². The van der Waals surface area contributed by atoms with Gasteiger partial charge in [0.1, 0.15) is 6.10 Å². The van der Waals surface area contributed by atoms with E-state index in [1.165, 1.54) is 6.92 Å². The van der Waals surface area contributed by atoms with E-state index in [0.717, 1.165) is 11.1 Å². The van der Waals surface area contributed by atoms with Crippen molar-refractivity contribution in [2.75, 3.05) is 13.2 Å². The fraction of sp³-hybridized carbons (Fsp3) is 0.750. The first-order valence-corrected chi connectivity index (χ1v) is 15.0. The van der Waals surface area contributed by atoms with E-state index in [2.05, 4.69) is 0 Å². The van der Waals surface area contributed by atoms with Gasteiger partial charge in [0, 0.05) is 29.6 Å². The molecule has 5 unspecified atom stereocenters. The third-order valence-electron chi connectivity index (χ3n) is 10.7. The average molecular weight is 603 g/mol. The number of aliphatic hydroxyl groups excluding tert-OH is 2. The van der Waals surface area contributed by atoms with Gasteiger partial charge in [-0.15, -0.1) is 0 Å². The first-order chi connectivity index (χ1) is 19.4. The Hall–Kier alpha value is -1.59. The molecular weight excluding hydrogens is 559 g/mol. The van der Waals surface area contributed by atoms with E-state index in [1.807, 2.05) is 13.8 Å². The molecule has 236 valence electrons. The minimum atomic E-state index is -5.90. The van der Waals surface area contributed by atoms with Gasteiger partial charge in [-0.3, -0.25) is 0 Å². The SMILES string of the molecule is CCC1C2CCC3(O)CC4(CCC3=C2[C@@H](c2ccc(CO)cc2)CC1(C)C(O)C(F)(F)C(F)(F)F)OCC(C)(C)CO4. The summed E-state index contributed by atoms with van der Waals surface area (Å²) in [6.45, 7) is 7.99. The second-order valence-electron chi connectivity index (χ2n) is 14.1. The Morgan fingerprint density at radius 1 is 1.00 bits per heavy atom. The smallest absolute Gasteiger partial charge is 0.392 e. The van der Waals surface area contributed by atoms with Crippen LogP contribution in [0.25, 0.3) is 0 Å². The van der Waals surface area contributed by atoms with E-state index in [9.17, 15) is 37.3 Å². The molecule has 1 heterocycles. The third-order valence-corrected chi connectivity index (χ3v) is 10.7. The van der Waals surface area contributed by atoms with Gasteiger partial charge in [0.25, 0.3) is 0 Å². The Bertz CT molecular complexity index is 1180. The molecule has 1 aromatic rings. The summed E-state index contributed by atoms with van der Waals surface area (Å²) in [5.41, 5.74) is -0.175. The molecule has 0 aromatic heterocycles. The van der Waals surface area contributed by atoms with Crippen LogP contribution in [0.15, 0.2) is 35.4 Å². The molecule has 1 aromatic carbocycles. The summed E-state index contributed by atoms with van der Waals surface area (Å²) in [6, 6.07) is 6.93. The Balaban J connectivity index is 1.61. The number of fused-ring (bicyclic) bond motifs is 2. The summed E-state index contributed by atoms with van der Waals surface area (Å²) in [7, 11) is 0. The van der Waals surface area contributed by atoms with Crippen molar-refractivity contribution < 1.29 is 46.7 Å². The van der Waals surface area contributed by atoms with E-state index >= 15 is 0 Å². The molecule has 10 heteroatoms. The number of allylic oxidation sites excluding steroid dienone is 1. The predicted molar refractivity (Wildman–Crippen MR) is 146 cm³/mol. The van der Waals surface area contributed by atoms with Crippen LogP contribution in [0.3, 0.4) is 0 Å². The predicted octanol–water partition coefficient (Wildman–Crippen LogP) is 6.65. The molecule has 0 amide bonds. The third kappa shape index (κ3) is 5.13. The maximum atomic E-state index is 14.8. The normalized spacial score (nSPS) is 35.5. The van der Waals surface area contributed by atoms with E-state index in [1.54, 1.807) is 31.2 Å². The van der Waals surface area contributed by atoms with Gasteiger partial charge in [0.15, 0.2) is 5.79 Å². The zero-order valence-corrected chi connectivity index (χ0v) is 24.7. The number of ether oxygens (including phenoxy) is 2. The van der Waals surface area contributed by atoms with Gasteiger partial charge in [0.2, 0.25) is 0 Å². The minimum absolute atomic E-state index is 0.144. The molecule has 5 rings (SSSR count). The van der Waals surface area contributed by atoms with Crippen molar-refractivity contribution in [1.29, 1.82) is 0 Å². The summed E-state index contributed by atoms with van der Waals surface area (Å²) in [5.74, 6) is -7.89. The van der Waals surface area contributed by atoms with Crippen molar-refractivity contribution >= 4 is 0 Å². The summed E-state index contributed by atoms with van der Waals surface area (Å²) in [4.78, 5) is 0. The lowest BCUT2D eigenvalue weighted by atomic mass is 9.48. The highest BCUT2D eigenvalue weighted by molar-refractivity contribution is 5.43. The molecule has 5 nitrogen and oxygen atoms in total. The summed E-state index contributed by atoms with van der Waals surface area (Å²) in [5, 5.41) is 32.7. The quantitative estimate of drug-likeness (QED) is 0.260. The monoisotopic (exact) mass is 602 g/mol. The fourth-order valence-corrected chi connectivity index (χ4v) is 8.43. The zero-order valence-electron chi connectivity index (χ0n) is 24.7. The van der Waals surface area contributed by atoms with Crippen molar-refractivity contribution in [2.45, 2.75) is 115 Å². The molecule has 3 aliphatic carbocycles. The molecule has 42 heavy (non-hydrogen) atoms. The highest BCUT2D eigenvalue weighted by Gasteiger charge is 2.69. The summed E-state index contributed by atoms with van der Waals surface area (Å²) >= 11 is 0. The van der Waals surface area contributed by atoms with Crippen LogP contribution in [0.4, 0.5) is 22.0 Å². The maximum Gasteiger partial charge on any atom is 0.456 e. The Morgan fingerprint density at radius 2 is 1.62 bits per heavy atom. The molecule has 1 aliphatic heterocycles. The topological polar surface area (TPSA) is 79.2 Å². The summed E-state index contributed by atoms with van der Waals surface area (Å²) < 4.78 is 82.8. The van der Waals surface area contributed by atoms with Crippen molar-refractivity contribution in [3.63, 3.8) is 0 Å². The van der Waals surface area contributed by atoms with Crippen LogP contribution in [0.2, 0.25) is 0 Å². The van der Waals surface area contributed by atoms with Crippen LogP contribution in [-0.2, 0) is 16.1 Å². The molecule has 2 saturated carbocycles. The lowest BCUT2D eigenvalue weighted by Crippen LogP contribution is -2.61. The maximum absolute atomic E-state index is 14.8. The van der Waals surface area contributed by atoms with Crippen molar-refractivity contribution in [1.82, 2.24) is 0 Å². The Kier molecular flexibility index (Phi) is 7.96. The van der Waals surface area contributed by atoms with E-state index < -0.39 is 52.8 Å². The van der Waals surface area contributed by atoms with Gasteiger partial charge in [-0.2, -0.15) is 22.0 Å². The Morgan fingerprint density at radius 3 is 2.17 bits per heavy atom. The molecule has 3 fully saturated rings. The van der Waals surface area contributed by atoms with Crippen LogP contribution in [0.1, 0.15) is 89.7 Å². The molecule has 4 aliphatic rings. The number of rotatable bonds is 5. The summed E-state index contributed by atoms with van der Waals surface area (Å²) in [6.07, 6.45) is -6.85. The molecule has 0 bridgehead atoms. The number of aliphatic hydroxyl groups is 3. The fourth-order valence-electron chi connectivity index (χ4n) is 8.43. The van der Waals surface area contributed by atoms with Crippen LogP contribution in [0.5, 0.6) is 0 Å². The van der Waals surface area contributed by atoms with Crippen LogP contribution < -0.4 is 0 Å². The lowest BCUT2D eigenvalue weighted by Gasteiger charge is -2.59. The standard InChI is InChI=1S/C32H43F5O5/c1-5-23-21-10-12-29(40)16-30(41-17-27(2,3)18-42-30)13-11-24(29)25(21)22(20-8-6-19(15-38)7-9-20)14-28(23,4)26(39)31(33,34)32(35,36)37/h6-9,21-23,26,38-40H,5,10-18H2,1-4H3/t21?,22-,23?,26?,28?,29?/m1/s1. The average Bonchev–Trinajstić information content (AvgIpc) is 2.93. The van der Waals surface area contributed by atoms with Crippen LogP contribution in [0, 0.1) is 22.7 Å². The second-order valence-corrected chi connectivity index (χ2v) is 14.1. The van der Waals surface area contributed by atoms with Gasteiger partial charge in [-0.1, -0.05) is 64.0 Å². The number of hydrogen-bond acceptors (Lipinski definition) is 5. The molecule has 1 spiro atoms. The van der Waals surface area contributed by atoms with Gasteiger partial charge >= 0.3 is 12.1 Å². The van der Waals surface area contributed by atoms with Gasteiger partial charge in [0.05, 0.1) is 25.4 Å². The van der Waals surface area contributed by atoms with Crippen LogP contribution >= 0.6 is 0 Å². The van der Waals surface area contributed by atoms with Crippen molar-refractivity contribution in [3.05, 3.63) is 46.5 Å². The van der Waals surface area contributed by atoms with E-state index in [4.69, 9.17) is 9.47 Å². The lowest BCUT2D eigenvalue weighted by molar-refractivity contribution is -0.333. The number of alkyl halides is 5. The van der Waals surface area contributed by atoms with Gasteiger partial charge < -0.3 is 24.8 Å². The molecule has 3 N–H and O–H groups in total. The van der Waals surface area contributed by atoms with Crippen molar-refractivity contribution in [2.24, 2.45) is 22.7 Å². The first-order valence-electron chi connectivity index (χ1n) is 15.0. The number of benzene rings is 1. The van der Waals surface area contributed by atoms with Crippen LogP contribution in [-0.4, -0.2) is 58.1 Å². The molecule has 1 saturated heterocycles. The zero-order chi connectivity index (χ0) is 30.9. The highest BCUT2D eigenvalue weighted by Crippen LogP contribution is 2.64. The van der Waals surface area contributed by atoms with E-state index in [0.29, 0.717) is 56.4 Å². The molecule has 0 radical (unpaired) electrons. The van der Waals surface area contributed by atoms with Gasteiger partial charge in [-0.25, -0.2) is 0 Å². The largest absolute Gasteiger partial charge is 0.456 e. The molecular formula is C32H43F5O5. The number of halogens is 5. The molecule has 6 atom stereocenters. The van der Waals surface area contributed by atoms with Gasteiger partial charge in [-0.05, 0) is 54.2 Å². The number of hydrogen-bond donors (Lipinski definition) is 3. The Labute approximate surface area is 244 Å². The van der Waals surface area contributed by atoms with E-state index in [-0.39, 0.29) is 24.9 Å². The minimum Gasteiger partial charge on any atom is -0.392 e.